The fourth-order valence-corrected chi connectivity index (χ4v) is 0.576. The molecule has 0 saturated carbocycles. The average molecular weight is 212 g/mol. The summed E-state index contributed by atoms with van der Waals surface area (Å²) in [6, 6.07) is 0. The van der Waals surface area contributed by atoms with Crippen LogP contribution in [0.4, 0.5) is 0 Å². The molecule has 1 atom stereocenters. The fourth-order valence-electron chi connectivity index (χ4n) is 0.375. The summed E-state index contributed by atoms with van der Waals surface area (Å²) < 4.78 is 15.5. The molecule has 0 N–H and O–H groups in total. The molecule has 0 amide bonds. The molecular formula is C5H16ClNNaO2P. The summed E-state index contributed by atoms with van der Waals surface area (Å²) in [4.78, 5) is 0. The van der Waals surface area contributed by atoms with Crippen molar-refractivity contribution in [3.05, 3.63) is 0 Å². The van der Waals surface area contributed by atoms with Crippen molar-refractivity contribution >= 4 is 38.2 Å². The van der Waals surface area contributed by atoms with Crippen molar-refractivity contribution in [2.45, 2.75) is 0 Å². The zero-order valence-corrected chi connectivity index (χ0v) is 8.54. The van der Waals surface area contributed by atoms with Crippen molar-refractivity contribution < 1.29 is 26.0 Å². The molecular weight excluding hydrogens is 195 g/mol. The molecule has 0 aromatic rings. The van der Waals surface area contributed by atoms with Gasteiger partial charge < -0.3 is 21.4 Å². The van der Waals surface area contributed by atoms with Gasteiger partial charge in [-0.3, -0.25) is 4.57 Å². The van der Waals surface area contributed by atoms with Crippen LogP contribution >= 0.6 is 8.69 Å². The molecule has 0 aromatic heterocycles. The van der Waals surface area contributed by atoms with E-state index in [1.54, 1.807) is 0 Å². The van der Waals surface area contributed by atoms with Crippen LogP contribution in [0.25, 0.3) is 0 Å². The van der Waals surface area contributed by atoms with E-state index in [2.05, 4.69) is 21.1 Å². The fraction of sp³-hybridized carbons (Fsp3) is 1.00. The number of hydrogen-bond acceptors (Lipinski definition) is 2. The molecule has 0 aliphatic rings. The minimum atomic E-state index is -1.02. The summed E-state index contributed by atoms with van der Waals surface area (Å²) in [5.41, 5.74) is 0. The van der Waals surface area contributed by atoms with Crippen LogP contribution in [0.2, 0.25) is 0 Å². The Morgan fingerprint density at radius 1 is 1.36 bits per heavy atom. The van der Waals surface area contributed by atoms with Crippen LogP contribution in [0.3, 0.4) is 0 Å². The Balaban J connectivity index is -0.000000320. The second-order valence-electron chi connectivity index (χ2n) is 2.98. The molecule has 6 heteroatoms. The first kappa shape index (κ1) is 18.3. The summed E-state index contributed by atoms with van der Waals surface area (Å²) in [6.45, 7) is 1.51. The van der Waals surface area contributed by atoms with E-state index in [0.717, 1.165) is 11.0 Å². The monoisotopic (exact) mass is 211 g/mol. The molecule has 0 heterocycles. The summed E-state index contributed by atoms with van der Waals surface area (Å²) >= 11 is 0. The molecule has 0 spiro atoms. The van der Waals surface area contributed by atoms with E-state index >= 15 is 0 Å². The summed E-state index contributed by atoms with van der Waals surface area (Å²) in [5, 5.41) is 0. The van der Waals surface area contributed by atoms with Gasteiger partial charge in [-0.15, -0.1) is 0 Å². The number of nitrogens with zero attached hydrogens (tertiary/aromatic N) is 1. The van der Waals surface area contributed by atoms with Crippen LogP contribution in [0.1, 0.15) is 0 Å². The van der Waals surface area contributed by atoms with Crippen LogP contribution < -0.4 is 12.4 Å². The Kier molecular flexibility index (Phi) is 15.8. The van der Waals surface area contributed by atoms with Gasteiger partial charge in [0.25, 0.3) is 0 Å². The molecule has 1 unspecified atom stereocenters. The van der Waals surface area contributed by atoms with E-state index in [4.69, 9.17) is 4.52 Å². The van der Waals surface area contributed by atoms with Crippen LogP contribution in [0.5, 0.6) is 0 Å². The van der Waals surface area contributed by atoms with Crippen LogP contribution in [0, 0.1) is 0 Å². The number of quaternary nitrogens is 1. The normalized spacial score (nSPS) is 10.8. The molecule has 0 bridgehead atoms. The molecule has 0 rings (SSSR count). The van der Waals surface area contributed by atoms with Gasteiger partial charge in [-0.1, -0.05) is 0 Å². The van der Waals surface area contributed by atoms with Gasteiger partial charge in [-0.05, 0) is 0 Å². The van der Waals surface area contributed by atoms with Crippen LogP contribution in [-0.2, 0) is 9.09 Å². The van der Waals surface area contributed by atoms with Crippen molar-refractivity contribution in [3.8, 4) is 0 Å². The molecule has 0 fully saturated rings. The van der Waals surface area contributed by atoms with E-state index in [9.17, 15) is 4.57 Å². The first-order valence-corrected chi connectivity index (χ1v) is 3.86. The maximum absolute atomic E-state index is 9.87. The Morgan fingerprint density at radius 2 is 1.82 bits per heavy atom. The standard InChI is InChI=1S/C5H15NO2P.ClH.Na.H/c1-6(2,3)4-5-8-9-7;;;/h4-5,9H2,1-3H3;1H;;/q+1;;;/p-1. The van der Waals surface area contributed by atoms with Gasteiger partial charge >= 0.3 is 29.6 Å². The van der Waals surface area contributed by atoms with Gasteiger partial charge in [-0.2, -0.15) is 0 Å². The first-order chi connectivity index (χ1) is 4.06. The number of halogens is 1. The predicted molar refractivity (Wildman–Crippen MR) is 46.4 cm³/mol. The van der Waals surface area contributed by atoms with Crippen molar-refractivity contribution in [1.82, 2.24) is 0 Å². The van der Waals surface area contributed by atoms with E-state index in [0.29, 0.717) is 6.61 Å². The molecule has 0 aliphatic heterocycles. The van der Waals surface area contributed by atoms with Crippen molar-refractivity contribution in [2.75, 3.05) is 34.3 Å². The number of hydrogen-bond donors (Lipinski definition) is 0. The molecule has 0 aromatic carbocycles. The molecule has 0 saturated heterocycles. The van der Waals surface area contributed by atoms with Gasteiger partial charge in [0.15, 0.2) is 8.69 Å². The van der Waals surface area contributed by atoms with Gasteiger partial charge in [-0.25, -0.2) is 0 Å². The topological polar surface area (TPSA) is 26.3 Å². The molecule has 0 radical (unpaired) electrons. The van der Waals surface area contributed by atoms with Crippen LogP contribution in [0.15, 0.2) is 0 Å². The van der Waals surface area contributed by atoms with Crippen molar-refractivity contribution in [1.29, 1.82) is 0 Å². The van der Waals surface area contributed by atoms with E-state index in [1.807, 2.05) is 0 Å². The van der Waals surface area contributed by atoms with Crippen LogP contribution in [-0.4, -0.2) is 68.3 Å². The van der Waals surface area contributed by atoms with Crippen molar-refractivity contribution in [3.63, 3.8) is 0 Å². The van der Waals surface area contributed by atoms with E-state index in [1.165, 1.54) is 0 Å². The third-order valence-corrected chi connectivity index (χ3v) is 1.32. The molecule has 3 nitrogen and oxygen atoms in total. The molecule has 11 heavy (non-hydrogen) atoms. The van der Waals surface area contributed by atoms with Gasteiger partial charge in [0.2, 0.25) is 0 Å². The summed E-state index contributed by atoms with van der Waals surface area (Å²) in [7, 11) is 5.20. The second kappa shape index (κ2) is 9.53. The number of rotatable bonds is 4. The molecule has 66 valence electrons. The average Bonchev–Trinajstić information content (AvgIpc) is 1.63. The second-order valence-corrected chi connectivity index (χ2v) is 3.51. The zero-order chi connectivity index (χ0) is 7.33. The maximum atomic E-state index is 9.87. The van der Waals surface area contributed by atoms with Crippen molar-refractivity contribution in [2.24, 2.45) is 0 Å². The van der Waals surface area contributed by atoms with Gasteiger partial charge in [0, 0.05) is 0 Å². The minimum absolute atomic E-state index is 0. The Morgan fingerprint density at radius 3 is 2.09 bits per heavy atom. The van der Waals surface area contributed by atoms with Gasteiger partial charge in [0.1, 0.15) is 13.2 Å². The predicted octanol–water partition coefficient (Wildman–Crippen LogP) is -3.26. The third kappa shape index (κ3) is 18.4. The Labute approximate surface area is 98.1 Å². The van der Waals surface area contributed by atoms with Gasteiger partial charge in [0.05, 0.1) is 21.1 Å². The SMILES string of the molecule is C[N+](C)(C)CCO[PH2]=O.[Cl-].[NaH]. The quantitative estimate of drug-likeness (QED) is 0.211. The first-order valence-electron chi connectivity index (χ1n) is 2.92. The Hall–Kier alpha value is 1.44. The number of likely N-dealkylation sites (N-methyl/N-ethyl adjacent to an activating group) is 1. The third-order valence-electron chi connectivity index (χ3n) is 0.948. The van der Waals surface area contributed by atoms with E-state index in [-0.39, 0.29) is 42.0 Å². The van der Waals surface area contributed by atoms with E-state index < -0.39 is 8.69 Å². The summed E-state index contributed by atoms with van der Waals surface area (Å²) in [5.74, 6) is 0. The molecule has 0 aliphatic carbocycles. The zero-order valence-electron chi connectivity index (χ0n) is 6.63. The Bertz CT molecular complexity index is 99.0. The summed E-state index contributed by atoms with van der Waals surface area (Å²) in [6.07, 6.45) is 0.